The number of rotatable bonds is 2. The van der Waals surface area contributed by atoms with E-state index in [9.17, 15) is 0 Å². The molecular formula is C15H27N5. The molecule has 5 heteroatoms. The van der Waals surface area contributed by atoms with E-state index < -0.39 is 0 Å². The van der Waals surface area contributed by atoms with Crippen molar-refractivity contribution >= 4 is 5.95 Å². The number of hydrogen-bond donors (Lipinski definition) is 2. The van der Waals surface area contributed by atoms with Crippen LogP contribution in [0.1, 0.15) is 58.7 Å². The van der Waals surface area contributed by atoms with Gasteiger partial charge >= 0.3 is 0 Å². The summed E-state index contributed by atoms with van der Waals surface area (Å²) in [7, 11) is 0. The van der Waals surface area contributed by atoms with Crippen molar-refractivity contribution in [3.63, 3.8) is 0 Å². The van der Waals surface area contributed by atoms with Crippen LogP contribution in [0.15, 0.2) is 0 Å². The molecule has 0 amide bonds. The second-order valence-corrected chi connectivity index (χ2v) is 6.98. The lowest BCUT2D eigenvalue weighted by Crippen LogP contribution is -2.54. The predicted molar refractivity (Wildman–Crippen MR) is 81.1 cm³/mol. The molecule has 2 atom stereocenters. The molecule has 0 radical (unpaired) electrons. The van der Waals surface area contributed by atoms with Crippen LogP contribution in [0.3, 0.4) is 0 Å². The minimum Gasteiger partial charge on any atom is -0.336 e. The number of piperazine rings is 1. The Bertz CT molecular complexity index is 439. The second-order valence-electron chi connectivity index (χ2n) is 6.98. The molecule has 0 aromatic carbocycles. The highest BCUT2D eigenvalue weighted by atomic mass is 15.4. The topological polar surface area (TPSA) is 56.8 Å². The van der Waals surface area contributed by atoms with Crippen molar-refractivity contribution in [1.82, 2.24) is 20.5 Å². The highest BCUT2D eigenvalue weighted by Crippen LogP contribution is 2.37. The number of H-pyrrole nitrogens is 1. The third-order valence-corrected chi connectivity index (χ3v) is 4.84. The number of nitrogens with zero attached hydrogens (tertiary/aromatic N) is 3. The number of aromatic nitrogens is 3. The Hall–Kier alpha value is -1.10. The van der Waals surface area contributed by atoms with Crippen LogP contribution in [0.4, 0.5) is 5.95 Å². The zero-order valence-corrected chi connectivity index (χ0v) is 12.9. The summed E-state index contributed by atoms with van der Waals surface area (Å²) in [4.78, 5) is 7.13. The number of anilines is 1. The number of nitrogens with one attached hydrogen (secondary N) is 2. The van der Waals surface area contributed by atoms with Gasteiger partial charge in [0.05, 0.1) is 0 Å². The fourth-order valence-corrected chi connectivity index (χ4v) is 3.72. The van der Waals surface area contributed by atoms with Gasteiger partial charge in [-0.2, -0.15) is 4.98 Å². The lowest BCUT2D eigenvalue weighted by atomic mass is 9.75. The van der Waals surface area contributed by atoms with Gasteiger partial charge in [-0.15, -0.1) is 5.10 Å². The van der Waals surface area contributed by atoms with Crippen LogP contribution in [0.2, 0.25) is 0 Å². The summed E-state index contributed by atoms with van der Waals surface area (Å²) >= 11 is 0. The number of aromatic amines is 1. The Balaban J connectivity index is 1.76. The SMILES string of the molecule is CC1CN(c2n[nH]c(C3(C)CCCCC3)n2)CC(C)N1. The van der Waals surface area contributed by atoms with Crippen molar-refractivity contribution in [2.24, 2.45) is 0 Å². The molecule has 5 nitrogen and oxygen atoms in total. The van der Waals surface area contributed by atoms with Gasteiger partial charge in [-0.25, -0.2) is 0 Å². The van der Waals surface area contributed by atoms with E-state index in [4.69, 9.17) is 4.98 Å². The first-order valence-corrected chi connectivity index (χ1v) is 8.01. The molecule has 2 unspecified atom stereocenters. The predicted octanol–water partition coefficient (Wildman–Crippen LogP) is 2.21. The van der Waals surface area contributed by atoms with E-state index >= 15 is 0 Å². The van der Waals surface area contributed by atoms with Crippen molar-refractivity contribution in [2.75, 3.05) is 18.0 Å². The van der Waals surface area contributed by atoms with Crippen molar-refractivity contribution in [1.29, 1.82) is 0 Å². The largest absolute Gasteiger partial charge is 0.336 e. The summed E-state index contributed by atoms with van der Waals surface area (Å²) < 4.78 is 0. The summed E-state index contributed by atoms with van der Waals surface area (Å²) in [6, 6.07) is 0.983. The summed E-state index contributed by atoms with van der Waals surface area (Å²) in [6.45, 7) is 8.74. The van der Waals surface area contributed by atoms with E-state index in [1.54, 1.807) is 0 Å². The fraction of sp³-hybridized carbons (Fsp3) is 0.867. The quantitative estimate of drug-likeness (QED) is 0.870. The summed E-state index contributed by atoms with van der Waals surface area (Å²) in [5, 5.41) is 11.3. The molecule has 2 heterocycles. The standard InChI is InChI=1S/C15H27N5/c1-11-9-20(10-12(2)16-11)14-17-13(18-19-14)15(3)7-5-4-6-8-15/h11-12,16H,4-10H2,1-3H3,(H,17,18,19). The molecule has 0 spiro atoms. The van der Waals surface area contributed by atoms with E-state index in [2.05, 4.69) is 41.2 Å². The molecule has 1 saturated heterocycles. The van der Waals surface area contributed by atoms with Gasteiger partial charge in [0.25, 0.3) is 0 Å². The molecule has 20 heavy (non-hydrogen) atoms. The van der Waals surface area contributed by atoms with E-state index in [1.807, 2.05) is 0 Å². The van der Waals surface area contributed by atoms with Crippen LogP contribution in [0.25, 0.3) is 0 Å². The molecular weight excluding hydrogens is 250 g/mol. The minimum absolute atomic E-state index is 0.203. The molecule has 2 N–H and O–H groups in total. The molecule has 1 aliphatic heterocycles. The molecule has 3 rings (SSSR count). The highest BCUT2D eigenvalue weighted by Gasteiger charge is 2.33. The van der Waals surface area contributed by atoms with Gasteiger partial charge in [0.1, 0.15) is 5.82 Å². The average molecular weight is 277 g/mol. The van der Waals surface area contributed by atoms with Gasteiger partial charge in [-0.3, -0.25) is 5.10 Å². The van der Waals surface area contributed by atoms with E-state index in [-0.39, 0.29) is 5.41 Å². The molecule has 1 aromatic heterocycles. The van der Waals surface area contributed by atoms with E-state index in [1.165, 1.54) is 32.1 Å². The van der Waals surface area contributed by atoms with Crippen LogP contribution in [-0.4, -0.2) is 40.4 Å². The molecule has 1 saturated carbocycles. The van der Waals surface area contributed by atoms with Crippen molar-refractivity contribution in [3.05, 3.63) is 5.82 Å². The van der Waals surface area contributed by atoms with Gasteiger partial charge < -0.3 is 10.2 Å². The molecule has 2 aliphatic rings. The van der Waals surface area contributed by atoms with Crippen molar-refractivity contribution in [2.45, 2.75) is 70.4 Å². The highest BCUT2D eigenvalue weighted by molar-refractivity contribution is 5.32. The Morgan fingerprint density at radius 2 is 1.75 bits per heavy atom. The van der Waals surface area contributed by atoms with Crippen LogP contribution in [-0.2, 0) is 5.41 Å². The maximum absolute atomic E-state index is 4.83. The Morgan fingerprint density at radius 1 is 1.10 bits per heavy atom. The molecule has 1 aliphatic carbocycles. The summed E-state index contributed by atoms with van der Waals surface area (Å²) in [5.74, 6) is 1.97. The summed E-state index contributed by atoms with van der Waals surface area (Å²) in [6.07, 6.45) is 6.46. The second kappa shape index (κ2) is 5.35. The smallest absolute Gasteiger partial charge is 0.244 e. The summed E-state index contributed by atoms with van der Waals surface area (Å²) in [5.41, 5.74) is 0.203. The van der Waals surface area contributed by atoms with E-state index in [0.717, 1.165) is 24.9 Å². The van der Waals surface area contributed by atoms with E-state index in [0.29, 0.717) is 12.1 Å². The van der Waals surface area contributed by atoms with Gasteiger partial charge in [0, 0.05) is 30.6 Å². The minimum atomic E-state index is 0.203. The first-order chi connectivity index (χ1) is 9.57. The van der Waals surface area contributed by atoms with Gasteiger partial charge in [-0.1, -0.05) is 26.2 Å². The fourth-order valence-electron chi connectivity index (χ4n) is 3.72. The van der Waals surface area contributed by atoms with Crippen LogP contribution in [0, 0.1) is 0 Å². The van der Waals surface area contributed by atoms with Gasteiger partial charge in [-0.05, 0) is 26.7 Å². The zero-order chi connectivity index (χ0) is 14.2. The monoisotopic (exact) mass is 277 g/mol. The molecule has 112 valence electrons. The molecule has 1 aromatic rings. The first kappa shape index (κ1) is 13.9. The first-order valence-electron chi connectivity index (χ1n) is 8.01. The van der Waals surface area contributed by atoms with Crippen molar-refractivity contribution in [3.8, 4) is 0 Å². The maximum Gasteiger partial charge on any atom is 0.244 e. The third kappa shape index (κ3) is 2.68. The Labute approximate surface area is 121 Å². The Kier molecular flexibility index (Phi) is 3.71. The molecule has 0 bridgehead atoms. The lowest BCUT2D eigenvalue weighted by Gasteiger charge is -2.35. The number of hydrogen-bond acceptors (Lipinski definition) is 4. The van der Waals surface area contributed by atoms with Crippen LogP contribution in [0.5, 0.6) is 0 Å². The average Bonchev–Trinajstić information content (AvgIpc) is 2.89. The third-order valence-electron chi connectivity index (χ3n) is 4.84. The Morgan fingerprint density at radius 3 is 2.40 bits per heavy atom. The molecule has 2 fully saturated rings. The lowest BCUT2D eigenvalue weighted by molar-refractivity contribution is 0.304. The zero-order valence-electron chi connectivity index (χ0n) is 12.9. The normalized spacial score (nSPS) is 30.4. The maximum atomic E-state index is 4.83. The van der Waals surface area contributed by atoms with Gasteiger partial charge in [0.15, 0.2) is 0 Å². The van der Waals surface area contributed by atoms with Crippen LogP contribution < -0.4 is 10.2 Å². The van der Waals surface area contributed by atoms with Crippen molar-refractivity contribution < 1.29 is 0 Å². The van der Waals surface area contributed by atoms with Gasteiger partial charge in [0.2, 0.25) is 5.95 Å². The van der Waals surface area contributed by atoms with Crippen LogP contribution >= 0.6 is 0 Å².